The Hall–Kier alpha value is -4.02. The Labute approximate surface area is 237 Å². The fourth-order valence-electron chi connectivity index (χ4n) is 4.97. The monoisotopic (exact) mass is 561 g/mol. The molecule has 2 aromatic carbocycles. The van der Waals surface area contributed by atoms with Crippen LogP contribution in [0.15, 0.2) is 66.9 Å². The smallest absolute Gasteiger partial charge is 0.231 e. The van der Waals surface area contributed by atoms with Crippen LogP contribution < -0.4 is 10.1 Å². The van der Waals surface area contributed by atoms with Gasteiger partial charge >= 0.3 is 0 Å². The molecule has 40 heavy (non-hydrogen) atoms. The number of carbonyl (C=O) groups is 1. The highest BCUT2D eigenvalue weighted by Gasteiger charge is 2.21. The van der Waals surface area contributed by atoms with E-state index in [1.807, 2.05) is 0 Å². The summed E-state index contributed by atoms with van der Waals surface area (Å²) in [6, 6.07) is 17.6. The van der Waals surface area contributed by atoms with Gasteiger partial charge in [0.2, 0.25) is 11.8 Å². The third kappa shape index (κ3) is 6.40. The number of amides is 1. The number of hydrogen-bond acceptors (Lipinski definition) is 6. The van der Waals surface area contributed by atoms with Crippen molar-refractivity contribution in [2.75, 3.05) is 25.5 Å². The van der Waals surface area contributed by atoms with E-state index in [9.17, 15) is 14.3 Å². The average Bonchev–Trinajstić information content (AvgIpc) is 3.55. The summed E-state index contributed by atoms with van der Waals surface area (Å²) in [5.74, 6) is 0.0238. The highest BCUT2D eigenvalue weighted by Crippen LogP contribution is 2.27. The number of carbonyl (C=O) groups excluding carboxylic acids is 1. The van der Waals surface area contributed by atoms with Crippen LogP contribution >= 0.6 is 12.2 Å². The molecular formula is C30H32FN5O3S. The Morgan fingerprint density at radius 1 is 1.05 bits per heavy atom. The van der Waals surface area contributed by atoms with Gasteiger partial charge in [0.25, 0.3) is 0 Å². The molecule has 2 N–H and O–H groups in total. The second-order valence-corrected chi connectivity index (χ2v) is 10.2. The maximum absolute atomic E-state index is 13.6. The second-order valence-electron chi connectivity index (χ2n) is 9.87. The van der Waals surface area contributed by atoms with Crippen LogP contribution in [0.25, 0.3) is 5.69 Å². The molecule has 0 radical (unpaired) electrons. The number of aryl methyl sites for hydroxylation is 1. The molecular weight excluding hydrogens is 529 g/mol. The molecule has 1 fully saturated rings. The van der Waals surface area contributed by atoms with Gasteiger partial charge in [0.1, 0.15) is 17.4 Å². The number of aromatic hydroxyl groups is 1. The Balaban J connectivity index is 1.37. The average molecular weight is 562 g/mol. The van der Waals surface area contributed by atoms with Crippen molar-refractivity contribution in [3.8, 4) is 17.3 Å². The molecule has 2 aromatic heterocycles. The van der Waals surface area contributed by atoms with Gasteiger partial charge in [-0.3, -0.25) is 14.3 Å². The van der Waals surface area contributed by atoms with E-state index in [0.717, 1.165) is 25.2 Å². The van der Waals surface area contributed by atoms with Crippen molar-refractivity contribution in [3.63, 3.8) is 0 Å². The van der Waals surface area contributed by atoms with Crippen LogP contribution in [0.1, 0.15) is 29.7 Å². The molecule has 208 valence electrons. The molecule has 5 rings (SSSR count). The summed E-state index contributed by atoms with van der Waals surface area (Å²) in [6.45, 7) is 3.72. The van der Waals surface area contributed by atoms with Gasteiger partial charge in [-0.25, -0.2) is 9.37 Å². The number of nitrogens with one attached hydrogen (secondary N) is 1. The number of pyridine rings is 1. The van der Waals surface area contributed by atoms with Crippen molar-refractivity contribution < 1.29 is 19.0 Å². The van der Waals surface area contributed by atoms with E-state index >= 15 is 0 Å². The summed E-state index contributed by atoms with van der Waals surface area (Å²) in [7, 11) is 1.54. The minimum absolute atomic E-state index is 0.133. The molecule has 1 aliphatic heterocycles. The quantitative estimate of drug-likeness (QED) is 0.257. The van der Waals surface area contributed by atoms with Crippen molar-refractivity contribution in [3.05, 3.63) is 94.3 Å². The third-order valence-electron chi connectivity index (χ3n) is 7.12. The number of hydrogen-bond donors (Lipinski definition) is 2. The maximum Gasteiger partial charge on any atom is 0.231 e. The molecule has 1 aliphatic rings. The van der Waals surface area contributed by atoms with Gasteiger partial charge in [-0.1, -0.05) is 24.3 Å². The van der Waals surface area contributed by atoms with Crippen LogP contribution in [0.5, 0.6) is 11.6 Å². The molecule has 10 heteroatoms. The number of likely N-dealkylation sites (tertiary alicyclic amines) is 1. The molecule has 0 spiro atoms. The Morgan fingerprint density at radius 3 is 2.40 bits per heavy atom. The molecule has 8 nitrogen and oxygen atoms in total. The first-order valence-electron chi connectivity index (χ1n) is 13.3. The van der Waals surface area contributed by atoms with Crippen LogP contribution in [0.3, 0.4) is 0 Å². The highest BCUT2D eigenvalue weighted by molar-refractivity contribution is 7.71. The molecule has 1 amide bonds. The van der Waals surface area contributed by atoms with E-state index in [0.29, 0.717) is 40.7 Å². The maximum atomic E-state index is 13.6. The first-order valence-corrected chi connectivity index (χ1v) is 13.7. The molecule has 4 aromatic rings. The van der Waals surface area contributed by atoms with Crippen molar-refractivity contribution in [1.29, 1.82) is 0 Å². The second kappa shape index (κ2) is 12.4. The number of methoxy groups -OCH3 is 1. The van der Waals surface area contributed by atoms with Crippen molar-refractivity contribution in [1.82, 2.24) is 19.0 Å². The zero-order chi connectivity index (χ0) is 28.1. The fourth-order valence-corrected chi connectivity index (χ4v) is 5.36. The molecule has 0 unspecified atom stereocenters. The van der Waals surface area contributed by atoms with Gasteiger partial charge < -0.3 is 19.7 Å². The first-order chi connectivity index (χ1) is 19.4. The van der Waals surface area contributed by atoms with E-state index in [4.69, 9.17) is 17.0 Å². The predicted octanol–water partition coefficient (Wildman–Crippen LogP) is 5.28. The van der Waals surface area contributed by atoms with Gasteiger partial charge in [0.05, 0.1) is 31.1 Å². The number of imidazole rings is 1. The number of anilines is 1. The molecule has 0 aliphatic carbocycles. The molecule has 3 heterocycles. The van der Waals surface area contributed by atoms with E-state index in [-0.39, 0.29) is 18.2 Å². The van der Waals surface area contributed by atoms with Gasteiger partial charge in [0.15, 0.2) is 4.77 Å². The minimum atomic E-state index is -0.394. The number of benzene rings is 2. The van der Waals surface area contributed by atoms with Crippen molar-refractivity contribution >= 4 is 23.9 Å². The lowest BCUT2D eigenvalue weighted by atomic mass is 10.1. The van der Waals surface area contributed by atoms with Crippen LogP contribution in [0, 0.1) is 10.6 Å². The summed E-state index contributed by atoms with van der Waals surface area (Å²) in [4.78, 5) is 19.6. The summed E-state index contributed by atoms with van der Waals surface area (Å²) in [5, 5.41) is 14.0. The topological polar surface area (TPSA) is 84.5 Å². The predicted molar refractivity (Wildman–Crippen MR) is 154 cm³/mol. The lowest BCUT2D eigenvalue weighted by Crippen LogP contribution is -2.18. The Morgan fingerprint density at radius 2 is 1.75 bits per heavy atom. The number of ether oxygens (including phenoxy) is 1. The molecule has 0 atom stereocenters. The van der Waals surface area contributed by atoms with Crippen LogP contribution in [0.2, 0.25) is 0 Å². The molecule has 0 bridgehead atoms. The normalized spacial score (nSPS) is 13.4. The van der Waals surface area contributed by atoms with E-state index in [1.54, 1.807) is 28.8 Å². The fraction of sp³-hybridized carbons (Fsp3) is 0.300. The molecule has 0 saturated carbocycles. The minimum Gasteiger partial charge on any atom is -0.495 e. The largest absolute Gasteiger partial charge is 0.495 e. The number of rotatable bonds is 10. The summed E-state index contributed by atoms with van der Waals surface area (Å²) >= 11 is 5.75. The van der Waals surface area contributed by atoms with Gasteiger partial charge in [-0.05, 0) is 92.1 Å². The van der Waals surface area contributed by atoms with Gasteiger partial charge in [-0.2, -0.15) is 0 Å². The van der Waals surface area contributed by atoms with Gasteiger partial charge in [0, 0.05) is 13.1 Å². The van der Waals surface area contributed by atoms with Gasteiger partial charge in [-0.15, -0.1) is 0 Å². The number of nitrogens with zero attached hydrogens (tertiary/aromatic N) is 4. The van der Waals surface area contributed by atoms with Crippen LogP contribution in [0.4, 0.5) is 10.2 Å². The zero-order valence-electron chi connectivity index (χ0n) is 22.3. The Kier molecular flexibility index (Phi) is 8.57. The summed E-state index contributed by atoms with van der Waals surface area (Å²) < 4.78 is 22.3. The van der Waals surface area contributed by atoms with Crippen LogP contribution in [-0.2, 0) is 30.7 Å². The van der Waals surface area contributed by atoms with E-state index < -0.39 is 5.82 Å². The highest BCUT2D eigenvalue weighted by atomic mass is 32.1. The lowest BCUT2D eigenvalue weighted by molar-refractivity contribution is -0.115. The van der Waals surface area contributed by atoms with Crippen molar-refractivity contribution in [2.24, 2.45) is 0 Å². The third-order valence-corrected chi connectivity index (χ3v) is 7.53. The summed E-state index contributed by atoms with van der Waals surface area (Å²) in [6.07, 6.45) is 4.56. The summed E-state index contributed by atoms with van der Waals surface area (Å²) in [5.41, 5.74) is 3.28. The van der Waals surface area contributed by atoms with E-state index in [1.165, 1.54) is 48.4 Å². The zero-order valence-corrected chi connectivity index (χ0v) is 23.2. The first kappa shape index (κ1) is 27.5. The number of aromatic nitrogens is 3. The standard InChI is InChI=1S/C30H32FN5O3S/c1-39-25-12-13-27(32-19-25)33-28(37)18-26-29(38)36(24-10-8-23(31)9-11-24)30(40)35(26)17-14-21-4-6-22(7-5-21)20-34-15-2-3-16-34/h4-13,19,38H,2-3,14-18,20H2,1H3,(H,32,33,37). The van der Waals surface area contributed by atoms with Crippen LogP contribution in [-0.4, -0.2) is 50.2 Å². The lowest BCUT2D eigenvalue weighted by Gasteiger charge is -2.15. The van der Waals surface area contributed by atoms with Crippen molar-refractivity contribution in [2.45, 2.75) is 38.8 Å². The molecule has 1 saturated heterocycles. The SMILES string of the molecule is COc1ccc(NC(=O)Cc2c(O)n(-c3ccc(F)cc3)c(=S)n2CCc2ccc(CN3CCCC3)cc2)nc1. The number of halogens is 1. The Bertz CT molecular complexity index is 1510. The van der Waals surface area contributed by atoms with E-state index in [2.05, 4.69) is 39.5 Å².